The van der Waals surface area contributed by atoms with E-state index in [2.05, 4.69) is 11.8 Å². The summed E-state index contributed by atoms with van der Waals surface area (Å²) in [5, 5.41) is 0. The third-order valence-electron chi connectivity index (χ3n) is 3.47. The minimum atomic E-state index is -0.232. The van der Waals surface area contributed by atoms with Crippen molar-refractivity contribution in [1.82, 2.24) is 4.90 Å². The number of ether oxygens (including phenoxy) is 3. The molecule has 2 aliphatic heterocycles. The molecule has 5 heteroatoms. The van der Waals surface area contributed by atoms with Gasteiger partial charge in [0, 0.05) is 30.8 Å². The summed E-state index contributed by atoms with van der Waals surface area (Å²) in [5.74, 6) is 0.552. The summed E-state index contributed by atoms with van der Waals surface area (Å²) in [7, 11) is 0. The molecule has 104 valence electrons. The number of hydrogen-bond acceptors (Lipinski definition) is 4. The molecular formula is C14H18FNO3. The number of hydrogen-bond donors (Lipinski definition) is 0. The lowest BCUT2D eigenvalue weighted by Gasteiger charge is -2.32. The molecule has 1 aromatic carbocycles. The molecule has 2 aliphatic rings. The van der Waals surface area contributed by atoms with Crippen LogP contribution in [-0.4, -0.2) is 37.5 Å². The number of rotatable bonds is 2. The highest BCUT2D eigenvalue weighted by atomic mass is 19.1. The van der Waals surface area contributed by atoms with E-state index in [-0.39, 0.29) is 18.7 Å². The van der Waals surface area contributed by atoms with Gasteiger partial charge in [0.15, 0.2) is 6.79 Å². The summed E-state index contributed by atoms with van der Waals surface area (Å²) in [4.78, 5) is 2.27. The van der Waals surface area contributed by atoms with Crippen LogP contribution in [0, 0.1) is 5.82 Å². The molecule has 1 atom stereocenters. The van der Waals surface area contributed by atoms with E-state index < -0.39 is 0 Å². The van der Waals surface area contributed by atoms with Crippen molar-refractivity contribution >= 4 is 0 Å². The number of fused-ring (bicyclic) bond motifs is 1. The largest absolute Gasteiger partial charge is 0.467 e. The summed E-state index contributed by atoms with van der Waals surface area (Å²) < 4.78 is 29.9. The van der Waals surface area contributed by atoms with Crippen molar-refractivity contribution in [3.8, 4) is 5.75 Å². The van der Waals surface area contributed by atoms with Crippen molar-refractivity contribution in [3.05, 3.63) is 29.1 Å². The van der Waals surface area contributed by atoms with Gasteiger partial charge in [0.05, 0.1) is 19.3 Å². The van der Waals surface area contributed by atoms with Crippen LogP contribution in [0.4, 0.5) is 4.39 Å². The van der Waals surface area contributed by atoms with Gasteiger partial charge in [-0.1, -0.05) is 0 Å². The molecule has 19 heavy (non-hydrogen) atoms. The molecule has 0 bridgehead atoms. The molecule has 4 nitrogen and oxygen atoms in total. The SMILES string of the molecule is CC1CN(Cc2cc(F)cc3c2OCOC3)CCO1. The zero-order chi connectivity index (χ0) is 13.2. The van der Waals surface area contributed by atoms with E-state index in [1.165, 1.54) is 6.07 Å². The van der Waals surface area contributed by atoms with Crippen molar-refractivity contribution < 1.29 is 18.6 Å². The molecule has 2 heterocycles. The van der Waals surface area contributed by atoms with Gasteiger partial charge in [0.1, 0.15) is 11.6 Å². The van der Waals surface area contributed by atoms with Gasteiger partial charge in [-0.25, -0.2) is 4.39 Å². The molecule has 0 amide bonds. The van der Waals surface area contributed by atoms with Crippen molar-refractivity contribution in [2.75, 3.05) is 26.5 Å². The third kappa shape index (κ3) is 2.88. The molecule has 1 unspecified atom stereocenters. The summed E-state index contributed by atoms with van der Waals surface area (Å²) >= 11 is 0. The first-order valence-corrected chi connectivity index (χ1v) is 6.58. The van der Waals surface area contributed by atoms with Gasteiger partial charge in [0.2, 0.25) is 0 Å². The smallest absolute Gasteiger partial charge is 0.189 e. The van der Waals surface area contributed by atoms with Gasteiger partial charge in [0.25, 0.3) is 0 Å². The van der Waals surface area contributed by atoms with Crippen molar-refractivity contribution in [2.24, 2.45) is 0 Å². The number of benzene rings is 1. The van der Waals surface area contributed by atoms with Crippen LogP contribution in [-0.2, 0) is 22.6 Å². The fraction of sp³-hybridized carbons (Fsp3) is 0.571. The maximum Gasteiger partial charge on any atom is 0.189 e. The average molecular weight is 267 g/mol. The monoisotopic (exact) mass is 267 g/mol. The first-order chi connectivity index (χ1) is 9.22. The fourth-order valence-corrected chi connectivity index (χ4v) is 2.65. The third-order valence-corrected chi connectivity index (χ3v) is 3.47. The normalized spacial score (nSPS) is 23.8. The fourth-order valence-electron chi connectivity index (χ4n) is 2.65. The second-order valence-corrected chi connectivity index (χ2v) is 5.08. The van der Waals surface area contributed by atoms with Crippen LogP contribution in [0.3, 0.4) is 0 Å². The molecule has 0 N–H and O–H groups in total. The Balaban J connectivity index is 1.81. The standard InChI is InChI=1S/C14H18FNO3/c1-10-6-16(2-3-18-10)7-11-4-13(15)5-12-8-17-9-19-14(11)12/h4-5,10H,2-3,6-9H2,1H3. The van der Waals surface area contributed by atoms with Crippen molar-refractivity contribution in [2.45, 2.75) is 26.2 Å². The van der Waals surface area contributed by atoms with Crippen LogP contribution in [0.5, 0.6) is 5.75 Å². The van der Waals surface area contributed by atoms with Gasteiger partial charge < -0.3 is 14.2 Å². The van der Waals surface area contributed by atoms with E-state index in [4.69, 9.17) is 14.2 Å². The van der Waals surface area contributed by atoms with Crippen LogP contribution >= 0.6 is 0 Å². The second kappa shape index (κ2) is 5.45. The summed E-state index contributed by atoms with van der Waals surface area (Å²) in [6.07, 6.45) is 0.224. The minimum Gasteiger partial charge on any atom is -0.467 e. The van der Waals surface area contributed by atoms with Crippen molar-refractivity contribution in [3.63, 3.8) is 0 Å². The van der Waals surface area contributed by atoms with Gasteiger partial charge in [-0.05, 0) is 19.1 Å². The highest BCUT2D eigenvalue weighted by Gasteiger charge is 2.21. The maximum atomic E-state index is 13.6. The topological polar surface area (TPSA) is 30.9 Å². The second-order valence-electron chi connectivity index (χ2n) is 5.08. The van der Waals surface area contributed by atoms with Gasteiger partial charge in [-0.3, -0.25) is 4.90 Å². The zero-order valence-electron chi connectivity index (χ0n) is 11.0. The van der Waals surface area contributed by atoms with Gasteiger partial charge >= 0.3 is 0 Å². The summed E-state index contributed by atoms with van der Waals surface area (Å²) in [5.41, 5.74) is 1.69. The Kier molecular flexibility index (Phi) is 3.68. The highest BCUT2D eigenvalue weighted by molar-refractivity contribution is 5.42. The van der Waals surface area contributed by atoms with E-state index >= 15 is 0 Å². The van der Waals surface area contributed by atoms with Crippen LogP contribution in [0.1, 0.15) is 18.1 Å². The Labute approximate surface area is 112 Å². The predicted molar refractivity (Wildman–Crippen MR) is 67.4 cm³/mol. The van der Waals surface area contributed by atoms with Crippen LogP contribution < -0.4 is 4.74 Å². The molecule has 0 aromatic heterocycles. The Morgan fingerprint density at radius 2 is 2.32 bits per heavy atom. The number of morpholine rings is 1. The summed E-state index contributed by atoms with van der Waals surface area (Å²) in [6, 6.07) is 3.05. The molecule has 0 spiro atoms. The quantitative estimate of drug-likeness (QED) is 0.819. The van der Waals surface area contributed by atoms with Crippen LogP contribution in [0.15, 0.2) is 12.1 Å². The highest BCUT2D eigenvalue weighted by Crippen LogP contribution is 2.30. The van der Waals surface area contributed by atoms with E-state index in [0.717, 1.165) is 36.6 Å². The van der Waals surface area contributed by atoms with E-state index in [1.807, 2.05) is 0 Å². The molecule has 1 fully saturated rings. The maximum absolute atomic E-state index is 13.6. The van der Waals surface area contributed by atoms with Crippen LogP contribution in [0.2, 0.25) is 0 Å². The average Bonchev–Trinajstić information content (AvgIpc) is 2.38. The Hall–Kier alpha value is -1.17. The van der Waals surface area contributed by atoms with Crippen molar-refractivity contribution in [1.29, 1.82) is 0 Å². The lowest BCUT2D eigenvalue weighted by atomic mass is 10.1. The Bertz CT molecular complexity index is 466. The molecule has 0 aliphatic carbocycles. The first-order valence-electron chi connectivity index (χ1n) is 6.58. The molecule has 0 radical (unpaired) electrons. The molecule has 0 saturated carbocycles. The van der Waals surface area contributed by atoms with Gasteiger partial charge in [-0.2, -0.15) is 0 Å². The van der Waals surface area contributed by atoms with E-state index in [9.17, 15) is 4.39 Å². The zero-order valence-corrected chi connectivity index (χ0v) is 11.0. The molecule has 3 rings (SSSR count). The first kappa shape index (κ1) is 12.8. The van der Waals surface area contributed by atoms with E-state index in [1.54, 1.807) is 6.07 Å². The number of halogens is 1. The molecule has 1 aromatic rings. The predicted octanol–water partition coefficient (Wildman–Crippen LogP) is 1.91. The minimum absolute atomic E-state index is 0.224. The molecular weight excluding hydrogens is 249 g/mol. The van der Waals surface area contributed by atoms with E-state index in [0.29, 0.717) is 13.2 Å². The van der Waals surface area contributed by atoms with Crippen LogP contribution in [0.25, 0.3) is 0 Å². The Morgan fingerprint density at radius 3 is 3.16 bits per heavy atom. The lowest BCUT2D eigenvalue weighted by molar-refractivity contribution is -0.0265. The molecule has 1 saturated heterocycles. The lowest BCUT2D eigenvalue weighted by Crippen LogP contribution is -2.40. The Morgan fingerprint density at radius 1 is 1.42 bits per heavy atom. The van der Waals surface area contributed by atoms with Gasteiger partial charge in [-0.15, -0.1) is 0 Å². The summed E-state index contributed by atoms with van der Waals surface area (Å²) in [6.45, 7) is 5.85. The number of nitrogens with zero attached hydrogens (tertiary/aromatic N) is 1.